The molecule has 0 heterocycles. The molecule has 0 amide bonds. The van der Waals surface area contributed by atoms with Crippen LogP contribution < -0.4 is 0 Å². The third-order valence-electron chi connectivity index (χ3n) is 3.16. The van der Waals surface area contributed by atoms with Crippen molar-refractivity contribution >= 4 is 27.2 Å². The number of sulfone groups is 1. The van der Waals surface area contributed by atoms with Crippen molar-refractivity contribution in [1.29, 1.82) is 0 Å². The third kappa shape index (κ3) is 3.40. The van der Waals surface area contributed by atoms with E-state index in [0.29, 0.717) is 16.1 Å². The molecular weight excluding hydrogens is 353 g/mol. The van der Waals surface area contributed by atoms with Gasteiger partial charge in [-0.2, -0.15) is 13.2 Å². The Morgan fingerprint density at radius 1 is 1.04 bits per heavy atom. The highest BCUT2D eigenvalue weighted by molar-refractivity contribution is 7.92. The minimum absolute atomic E-state index is 0.0801. The van der Waals surface area contributed by atoms with Crippen LogP contribution in [0.15, 0.2) is 47.4 Å². The summed E-state index contributed by atoms with van der Waals surface area (Å²) in [6.45, 7) is 1.67. The van der Waals surface area contributed by atoms with Gasteiger partial charge in [-0.25, -0.2) is 8.42 Å². The maximum atomic E-state index is 12.5. The smallest absolute Gasteiger partial charge is 0.289 e. The van der Waals surface area contributed by atoms with E-state index in [1.165, 1.54) is 12.1 Å². The fraction of sp³-hybridized carbons (Fsp3) is 0.133. The quantitative estimate of drug-likeness (QED) is 0.770. The van der Waals surface area contributed by atoms with Crippen LogP contribution >= 0.6 is 11.6 Å². The summed E-state index contributed by atoms with van der Waals surface area (Å²) in [7, 11) is -5.43. The van der Waals surface area contributed by atoms with E-state index in [9.17, 15) is 26.4 Å². The second-order valence-corrected chi connectivity index (χ2v) is 7.14. The zero-order chi connectivity index (χ0) is 17.4. The monoisotopic (exact) mass is 362 g/mol. The summed E-state index contributed by atoms with van der Waals surface area (Å²) in [5.74, 6) is -0.435. The van der Waals surface area contributed by atoms with E-state index in [4.69, 9.17) is 11.6 Å². The molecule has 0 radical (unpaired) electrons. The SMILES string of the molecule is Cc1cc(Cl)ccc1C(=O)c1ccc(S(=O)(=O)C(F)(F)F)cc1. The highest BCUT2D eigenvalue weighted by atomic mass is 35.5. The number of aryl methyl sites for hydroxylation is 1. The third-order valence-corrected chi connectivity index (χ3v) is 4.90. The Labute approximate surface area is 135 Å². The number of hydrogen-bond donors (Lipinski definition) is 0. The summed E-state index contributed by atoms with van der Waals surface area (Å²) in [6, 6.07) is 8.23. The molecule has 0 atom stereocenters. The van der Waals surface area contributed by atoms with Crippen LogP contribution in [0.25, 0.3) is 0 Å². The molecule has 0 N–H and O–H groups in total. The van der Waals surface area contributed by atoms with Gasteiger partial charge in [0, 0.05) is 16.1 Å². The molecule has 0 aliphatic rings. The second-order valence-electron chi connectivity index (χ2n) is 4.76. The lowest BCUT2D eigenvalue weighted by molar-refractivity contribution is -0.0436. The van der Waals surface area contributed by atoms with Crippen LogP contribution in [0, 0.1) is 6.92 Å². The number of alkyl halides is 3. The zero-order valence-corrected chi connectivity index (χ0v) is 13.3. The topological polar surface area (TPSA) is 51.2 Å². The first-order valence-corrected chi connectivity index (χ1v) is 8.12. The fourth-order valence-electron chi connectivity index (χ4n) is 1.96. The van der Waals surface area contributed by atoms with Gasteiger partial charge in [-0.15, -0.1) is 0 Å². The van der Waals surface area contributed by atoms with Gasteiger partial charge in [-0.05, 0) is 55.0 Å². The molecule has 122 valence electrons. The van der Waals surface area contributed by atoms with Crippen LogP contribution in [0.2, 0.25) is 5.02 Å². The Hall–Kier alpha value is -1.86. The molecule has 2 aromatic carbocycles. The van der Waals surface area contributed by atoms with Crippen LogP contribution in [0.5, 0.6) is 0 Å². The second kappa shape index (κ2) is 5.98. The average Bonchev–Trinajstić information content (AvgIpc) is 2.45. The molecule has 2 aromatic rings. The van der Waals surface area contributed by atoms with Crippen molar-refractivity contribution in [3.05, 3.63) is 64.2 Å². The van der Waals surface area contributed by atoms with Gasteiger partial charge in [-0.1, -0.05) is 11.6 Å². The Bertz CT molecular complexity index is 857. The molecule has 0 aliphatic heterocycles. The minimum atomic E-state index is -5.43. The molecule has 0 spiro atoms. The Morgan fingerprint density at radius 3 is 2.09 bits per heavy atom. The molecule has 0 unspecified atom stereocenters. The minimum Gasteiger partial charge on any atom is -0.289 e. The molecule has 0 aliphatic carbocycles. The highest BCUT2D eigenvalue weighted by Gasteiger charge is 2.46. The van der Waals surface area contributed by atoms with E-state index in [1.807, 2.05) is 0 Å². The first kappa shape index (κ1) is 17.5. The molecule has 8 heteroatoms. The number of rotatable bonds is 3. The van der Waals surface area contributed by atoms with Gasteiger partial charge in [0.25, 0.3) is 9.84 Å². The molecule has 0 fully saturated rings. The van der Waals surface area contributed by atoms with Crippen molar-refractivity contribution in [1.82, 2.24) is 0 Å². The zero-order valence-electron chi connectivity index (χ0n) is 11.7. The Morgan fingerprint density at radius 2 is 1.61 bits per heavy atom. The van der Waals surface area contributed by atoms with Crippen LogP contribution in [0.4, 0.5) is 13.2 Å². The molecule has 23 heavy (non-hydrogen) atoms. The molecule has 2 rings (SSSR count). The number of benzene rings is 2. The van der Waals surface area contributed by atoms with Crippen molar-refractivity contribution in [3.8, 4) is 0 Å². The predicted octanol–water partition coefficient (Wildman–Crippen LogP) is 4.17. The maximum absolute atomic E-state index is 12.5. The summed E-state index contributed by atoms with van der Waals surface area (Å²) >= 11 is 5.80. The maximum Gasteiger partial charge on any atom is 0.501 e. The number of ketones is 1. The normalized spacial score (nSPS) is 12.2. The number of carbonyl (C=O) groups is 1. The molecule has 0 aromatic heterocycles. The van der Waals surface area contributed by atoms with Gasteiger partial charge in [0.1, 0.15) is 0 Å². The number of halogens is 4. The van der Waals surface area contributed by atoms with Crippen LogP contribution in [-0.2, 0) is 9.84 Å². The van der Waals surface area contributed by atoms with E-state index in [1.54, 1.807) is 13.0 Å². The van der Waals surface area contributed by atoms with E-state index < -0.39 is 26.0 Å². The molecule has 0 saturated carbocycles. The van der Waals surface area contributed by atoms with E-state index in [0.717, 1.165) is 24.3 Å². The van der Waals surface area contributed by atoms with E-state index >= 15 is 0 Å². The number of carbonyl (C=O) groups excluding carboxylic acids is 1. The van der Waals surface area contributed by atoms with Crippen molar-refractivity contribution < 1.29 is 26.4 Å². The van der Waals surface area contributed by atoms with Gasteiger partial charge in [0.05, 0.1) is 4.90 Å². The van der Waals surface area contributed by atoms with E-state index in [2.05, 4.69) is 0 Å². The van der Waals surface area contributed by atoms with Crippen molar-refractivity contribution in [3.63, 3.8) is 0 Å². The molecule has 0 bridgehead atoms. The summed E-state index contributed by atoms with van der Waals surface area (Å²) in [6.07, 6.45) is 0. The summed E-state index contributed by atoms with van der Waals surface area (Å²) in [5, 5.41) is 0.450. The lowest BCUT2D eigenvalue weighted by atomic mass is 9.99. The lowest BCUT2D eigenvalue weighted by Crippen LogP contribution is -2.23. The first-order chi connectivity index (χ1) is 10.5. The summed E-state index contributed by atoms with van der Waals surface area (Å²) in [5.41, 5.74) is -4.36. The first-order valence-electron chi connectivity index (χ1n) is 6.26. The fourth-order valence-corrected chi connectivity index (χ4v) is 2.94. The number of hydrogen-bond acceptors (Lipinski definition) is 3. The van der Waals surface area contributed by atoms with Crippen molar-refractivity contribution in [2.45, 2.75) is 17.3 Å². The molecule has 3 nitrogen and oxygen atoms in total. The largest absolute Gasteiger partial charge is 0.501 e. The standard InChI is InChI=1S/C15H10ClF3O3S/c1-9-8-11(16)4-7-13(9)14(20)10-2-5-12(6-3-10)23(21,22)15(17,18)19/h2-8H,1H3. The molecular formula is C15H10ClF3O3S. The van der Waals surface area contributed by atoms with Crippen LogP contribution in [0.1, 0.15) is 21.5 Å². The van der Waals surface area contributed by atoms with Gasteiger partial charge in [-0.3, -0.25) is 4.79 Å². The highest BCUT2D eigenvalue weighted by Crippen LogP contribution is 2.30. The Balaban J connectivity index is 2.39. The van der Waals surface area contributed by atoms with Gasteiger partial charge in [0.2, 0.25) is 0 Å². The predicted molar refractivity (Wildman–Crippen MR) is 79.3 cm³/mol. The molecule has 0 saturated heterocycles. The summed E-state index contributed by atoms with van der Waals surface area (Å²) < 4.78 is 59.9. The van der Waals surface area contributed by atoms with E-state index in [-0.39, 0.29) is 5.56 Å². The Kier molecular flexibility index (Phi) is 4.54. The van der Waals surface area contributed by atoms with Gasteiger partial charge < -0.3 is 0 Å². The van der Waals surface area contributed by atoms with Gasteiger partial charge in [0.15, 0.2) is 5.78 Å². The van der Waals surface area contributed by atoms with Crippen molar-refractivity contribution in [2.75, 3.05) is 0 Å². The average molecular weight is 363 g/mol. The van der Waals surface area contributed by atoms with Gasteiger partial charge >= 0.3 is 5.51 Å². The van der Waals surface area contributed by atoms with Crippen molar-refractivity contribution in [2.24, 2.45) is 0 Å². The summed E-state index contributed by atoms with van der Waals surface area (Å²) in [4.78, 5) is 11.4. The lowest BCUT2D eigenvalue weighted by Gasteiger charge is -2.09. The van der Waals surface area contributed by atoms with Crippen LogP contribution in [0.3, 0.4) is 0 Å². The van der Waals surface area contributed by atoms with Crippen LogP contribution in [-0.4, -0.2) is 19.7 Å².